The Morgan fingerprint density at radius 1 is 0.686 bits per heavy atom. The summed E-state index contributed by atoms with van der Waals surface area (Å²) in [6.45, 7) is 10.9. The maximum atomic E-state index is 14.8. The monoisotopic (exact) mass is 1000 g/mol. The van der Waals surface area contributed by atoms with E-state index in [0.29, 0.717) is 51.4 Å². The van der Waals surface area contributed by atoms with Crippen molar-refractivity contribution in [2.24, 2.45) is 50.2 Å². The molecule has 70 heavy (non-hydrogen) atoms. The largest absolute Gasteiger partial charge is 0.479 e. The minimum atomic E-state index is -1.98. The molecule has 0 aromatic rings. The maximum Gasteiger partial charge on any atom is 0.335 e. The van der Waals surface area contributed by atoms with Crippen molar-refractivity contribution in [1.29, 1.82) is 0 Å². The molecule has 8 aliphatic rings. The number of aliphatic hydroxyl groups excluding tert-OH is 10. The number of carbonyl (C=O) groups excluding carboxylic acids is 2. The number of carboxylic acid groups (broad SMARTS) is 1. The third kappa shape index (κ3) is 8.11. The predicted molar refractivity (Wildman–Crippen MR) is 237 cm³/mol. The van der Waals surface area contributed by atoms with Gasteiger partial charge >= 0.3 is 17.9 Å². The molecular formula is C49H76O21. The van der Waals surface area contributed by atoms with Crippen molar-refractivity contribution in [2.45, 2.75) is 204 Å². The summed E-state index contributed by atoms with van der Waals surface area (Å²) in [6, 6.07) is 0. The molecule has 21 nitrogen and oxygen atoms in total. The summed E-state index contributed by atoms with van der Waals surface area (Å²) < 4.78 is 40.5. The quantitative estimate of drug-likeness (QED) is 0.0738. The van der Waals surface area contributed by atoms with Crippen LogP contribution >= 0.6 is 0 Å². The molecule has 0 aromatic heterocycles. The normalized spacial score (nSPS) is 53.5. The van der Waals surface area contributed by atoms with Crippen LogP contribution in [0.1, 0.15) is 106 Å². The van der Waals surface area contributed by atoms with E-state index in [-0.39, 0.29) is 36.7 Å². The molecule has 3 saturated heterocycles. The molecule has 8 rings (SSSR count). The van der Waals surface area contributed by atoms with E-state index in [4.69, 9.17) is 33.2 Å². The lowest BCUT2D eigenvalue weighted by Crippen LogP contribution is -2.68. The highest BCUT2D eigenvalue weighted by atomic mass is 16.7. The van der Waals surface area contributed by atoms with Crippen molar-refractivity contribution in [3.63, 3.8) is 0 Å². The third-order valence-electron chi connectivity index (χ3n) is 19.8. The van der Waals surface area contributed by atoms with E-state index in [2.05, 4.69) is 26.8 Å². The number of carbonyl (C=O) groups is 3. The lowest BCUT2D eigenvalue weighted by atomic mass is 9.33. The van der Waals surface area contributed by atoms with Gasteiger partial charge in [0.2, 0.25) is 6.29 Å². The number of allylic oxidation sites excluding steroid dienone is 2. The minimum absolute atomic E-state index is 0.0301. The number of hydrogen-bond donors (Lipinski definition) is 11. The van der Waals surface area contributed by atoms with E-state index < -0.39 is 156 Å². The smallest absolute Gasteiger partial charge is 0.335 e. The summed E-state index contributed by atoms with van der Waals surface area (Å²) in [5.74, 6) is -3.31. The molecule has 0 spiro atoms. The first kappa shape index (κ1) is 53.8. The molecule has 0 bridgehead atoms. The summed E-state index contributed by atoms with van der Waals surface area (Å²) in [5, 5.41) is 117. The van der Waals surface area contributed by atoms with Crippen LogP contribution in [0.5, 0.6) is 0 Å². The SMILES string of the molecule is COC(=O)[C@@]1(C)CC[C@]2(C(=O)O[C@@H]3O[C@H](CO)[C@@H](O)[C@H](O)[C@H]3O)CC[C@]3(C)C(=CC[C@@H]4[C@@]5(C)CC[C@H](O[C@@H]6O[C@H](C(=O)O)[C@@H](O)[C@H](O[C@@H]7O[C@@H](C)[C@H](O)[C@@H](O)[C@H]7O)[C@H]6O)[C@@](C)(CO)[C@@H]5CC[C@]43C)[C@@H]2C1. The number of aliphatic hydroxyl groups is 10. The summed E-state index contributed by atoms with van der Waals surface area (Å²) >= 11 is 0. The average molecular weight is 1000 g/mol. The van der Waals surface area contributed by atoms with Crippen LogP contribution in [-0.2, 0) is 47.5 Å². The second-order valence-corrected chi connectivity index (χ2v) is 23.2. The Morgan fingerprint density at radius 2 is 1.33 bits per heavy atom. The number of methoxy groups -OCH3 is 1. The van der Waals surface area contributed by atoms with E-state index in [1.54, 1.807) is 0 Å². The van der Waals surface area contributed by atoms with Gasteiger partial charge in [0.05, 0.1) is 43.4 Å². The lowest BCUT2D eigenvalue weighted by molar-refractivity contribution is -0.364. The number of hydrogen-bond acceptors (Lipinski definition) is 20. The number of aliphatic carboxylic acids is 1. The summed E-state index contributed by atoms with van der Waals surface area (Å²) in [5.41, 5.74) is -3.38. The van der Waals surface area contributed by atoms with Gasteiger partial charge in [-0.05, 0) is 112 Å². The standard InChI is InChI=1S/C49H76O21/c1-21-28(52)30(54)32(56)39(65-21)68-36-34(58)37(38(60)61)69-41(35(36)59)67-27-11-12-45(3)25(46(27,4)20-51)10-13-48(6)26(45)9-8-22-23-18-44(2,42(62)64-7)14-16-49(23,17-15-47(22,48)5)43(63)70-40-33(57)31(55)29(53)24(19-50)66-40/h8,21,23-37,39-41,50-59H,9-20H2,1-7H3,(H,60,61)/t21-,23-,24+,25+,26+,27-,28-,29+,30+,31-,32+,33+,34-,35+,36-,37-,39-,40-,41+,44-,45-,46-,47+,48+,49-/m0/s1. The fourth-order valence-corrected chi connectivity index (χ4v) is 15.3. The van der Waals surface area contributed by atoms with Crippen molar-refractivity contribution in [3.05, 3.63) is 11.6 Å². The predicted octanol–water partition coefficient (Wildman–Crippen LogP) is -0.614. The van der Waals surface area contributed by atoms with E-state index in [0.717, 1.165) is 5.57 Å². The van der Waals surface area contributed by atoms with Gasteiger partial charge in [-0.2, -0.15) is 0 Å². The summed E-state index contributed by atoms with van der Waals surface area (Å²) in [7, 11) is 1.34. The van der Waals surface area contributed by atoms with Gasteiger partial charge in [-0.15, -0.1) is 0 Å². The molecule has 3 heterocycles. The Labute approximate surface area is 407 Å². The fraction of sp³-hybridized carbons (Fsp3) is 0.898. The number of ether oxygens (including phenoxy) is 7. The third-order valence-corrected chi connectivity index (χ3v) is 19.8. The van der Waals surface area contributed by atoms with Crippen molar-refractivity contribution < 1.29 is 104 Å². The zero-order valence-corrected chi connectivity index (χ0v) is 41.0. The Hall–Kier alpha value is -2.45. The second-order valence-electron chi connectivity index (χ2n) is 23.2. The van der Waals surface area contributed by atoms with Crippen molar-refractivity contribution in [1.82, 2.24) is 0 Å². The first-order valence-corrected chi connectivity index (χ1v) is 24.9. The van der Waals surface area contributed by atoms with Gasteiger partial charge in [0.25, 0.3) is 0 Å². The van der Waals surface area contributed by atoms with Gasteiger partial charge in [-0.1, -0.05) is 39.3 Å². The van der Waals surface area contributed by atoms with Gasteiger partial charge in [0, 0.05) is 5.41 Å². The highest BCUT2D eigenvalue weighted by Gasteiger charge is 2.71. The Morgan fingerprint density at radius 3 is 1.97 bits per heavy atom. The molecule has 21 heteroatoms. The van der Waals surface area contributed by atoms with Crippen LogP contribution in [0.3, 0.4) is 0 Å². The maximum absolute atomic E-state index is 14.8. The molecule has 25 atom stereocenters. The zero-order valence-electron chi connectivity index (χ0n) is 41.0. The van der Waals surface area contributed by atoms with Crippen LogP contribution in [0.25, 0.3) is 0 Å². The van der Waals surface area contributed by atoms with Crippen molar-refractivity contribution >= 4 is 17.9 Å². The number of rotatable bonds is 10. The molecule has 3 aliphatic heterocycles. The molecule has 4 saturated carbocycles. The summed E-state index contributed by atoms with van der Waals surface area (Å²) in [6.07, 6.45) is -19.1. The van der Waals surface area contributed by atoms with Gasteiger partial charge < -0.3 is 89.3 Å². The minimum Gasteiger partial charge on any atom is -0.479 e. The number of fused-ring (bicyclic) bond motifs is 7. The van der Waals surface area contributed by atoms with E-state index in [1.165, 1.54) is 14.0 Å². The van der Waals surface area contributed by atoms with Crippen LogP contribution < -0.4 is 0 Å². The molecule has 0 amide bonds. The molecular weight excluding hydrogens is 925 g/mol. The van der Waals surface area contributed by atoms with Crippen molar-refractivity contribution in [3.8, 4) is 0 Å². The first-order valence-electron chi connectivity index (χ1n) is 24.9. The van der Waals surface area contributed by atoms with Crippen LogP contribution in [-0.4, -0.2) is 193 Å². The van der Waals surface area contributed by atoms with Gasteiger partial charge in [0.1, 0.15) is 61.0 Å². The van der Waals surface area contributed by atoms with Crippen LogP contribution in [0, 0.1) is 50.2 Å². The van der Waals surface area contributed by atoms with E-state index >= 15 is 0 Å². The van der Waals surface area contributed by atoms with Gasteiger partial charge in [-0.25, -0.2) is 4.79 Å². The van der Waals surface area contributed by atoms with Crippen LogP contribution in [0.2, 0.25) is 0 Å². The molecule has 7 fully saturated rings. The zero-order chi connectivity index (χ0) is 51.4. The molecule has 0 radical (unpaired) electrons. The molecule has 11 N–H and O–H groups in total. The Bertz CT molecular complexity index is 2000. The average Bonchev–Trinajstić information content (AvgIpc) is 3.32. The topological polar surface area (TPSA) is 338 Å². The molecule has 398 valence electrons. The second kappa shape index (κ2) is 19.0. The number of esters is 2. The van der Waals surface area contributed by atoms with Crippen LogP contribution in [0.4, 0.5) is 0 Å². The Kier molecular flexibility index (Phi) is 14.6. The Balaban J connectivity index is 1.07. The first-order chi connectivity index (χ1) is 32.7. The highest BCUT2D eigenvalue weighted by Crippen LogP contribution is 2.76. The van der Waals surface area contributed by atoms with Gasteiger partial charge in [-0.3, -0.25) is 9.59 Å². The number of carboxylic acids is 1. The van der Waals surface area contributed by atoms with E-state index in [9.17, 15) is 70.6 Å². The fourth-order valence-electron chi connectivity index (χ4n) is 15.3. The van der Waals surface area contributed by atoms with Gasteiger partial charge in [0.15, 0.2) is 18.7 Å². The lowest BCUT2D eigenvalue weighted by Gasteiger charge is -2.71. The van der Waals surface area contributed by atoms with E-state index in [1.807, 2.05) is 13.8 Å². The summed E-state index contributed by atoms with van der Waals surface area (Å²) in [4.78, 5) is 40.8. The molecule has 0 aromatic carbocycles. The van der Waals surface area contributed by atoms with Crippen LogP contribution in [0.15, 0.2) is 11.6 Å². The highest BCUT2D eigenvalue weighted by molar-refractivity contribution is 5.81. The van der Waals surface area contributed by atoms with Crippen molar-refractivity contribution in [2.75, 3.05) is 20.3 Å². The molecule has 5 aliphatic carbocycles. The molecule has 0 unspecified atom stereocenters.